The van der Waals surface area contributed by atoms with Crippen LogP contribution in [0.25, 0.3) is 11.1 Å². The molecule has 2 aliphatic heterocycles. The number of halogens is 2. The zero-order valence-corrected chi connectivity index (χ0v) is 32.3. The molecule has 1 unspecified atom stereocenters. The molecule has 4 N–H and O–H groups in total. The van der Waals surface area contributed by atoms with E-state index in [0.29, 0.717) is 53.9 Å². The zero-order chi connectivity index (χ0) is 38.3. The maximum Gasteiger partial charge on any atom is 0.306 e. The fourth-order valence-corrected chi connectivity index (χ4v) is 8.79. The molecule has 0 radical (unpaired) electrons. The van der Waals surface area contributed by atoms with Crippen molar-refractivity contribution in [3.8, 4) is 11.1 Å². The summed E-state index contributed by atoms with van der Waals surface area (Å²) in [5.74, 6) is -0.674. The highest BCUT2D eigenvalue weighted by molar-refractivity contribution is 6.40. The van der Waals surface area contributed by atoms with Crippen LogP contribution in [0.5, 0.6) is 0 Å². The van der Waals surface area contributed by atoms with Gasteiger partial charge >= 0.3 is 5.97 Å². The van der Waals surface area contributed by atoms with Crippen LogP contribution < -0.4 is 10.6 Å². The second kappa shape index (κ2) is 15.8. The van der Waals surface area contributed by atoms with Crippen molar-refractivity contribution in [1.29, 1.82) is 0 Å². The van der Waals surface area contributed by atoms with Crippen molar-refractivity contribution in [3.63, 3.8) is 0 Å². The van der Waals surface area contributed by atoms with Gasteiger partial charge in [-0.05, 0) is 50.7 Å². The molecule has 1 aliphatic carbocycles. The Labute approximate surface area is 324 Å². The summed E-state index contributed by atoms with van der Waals surface area (Å²) in [7, 11) is 3.68. The number of aromatic nitrogens is 4. The van der Waals surface area contributed by atoms with Crippen LogP contribution in [0.2, 0.25) is 10.0 Å². The van der Waals surface area contributed by atoms with Gasteiger partial charge in [0.05, 0.1) is 44.8 Å². The minimum Gasteiger partial charge on any atom is -0.481 e. The molecule has 1 fully saturated rings. The number of amides is 2. The van der Waals surface area contributed by atoms with Gasteiger partial charge in [-0.1, -0.05) is 47.5 Å². The van der Waals surface area contributed by atoms with Gasteiger partial charge in [0.1, 0.15) is 0 Å². The molecular formula is C39H46Cl2N8O5. The number of aliphatic hydroxyl groups is 1. The standard InChI is InChI=1S/C39H46Cl2N8O5/c1-22(50)18-48-16-14-31-29(20-48)42-35(46(31)2)37(51)44-27-8-4-6-25(33(27)40)26-7-5-9-28(34(26)41)45-38(52)36-43-30-21-49(17-15-32(30)47(36)3)19-23-10-12-24(13-11-23)39(53)54/h4-9,22-24,50H,10-21H2,1-3H3,(H,44,51)(H,45,52)(H,53,54). The van der Waals surface area contributed by atoms with Crippen LogP contribution in [0.1, 0.15) is 76.6 Å². The number of carboxylic acid groups (broad SMARTS) is 1. The third-order valence-electron chi connectivity index (χ3n) is 11.1. The van der Waals surface area contributed by atoms with Crippen molar-refractivity contribution >= 4 is 52.4 Å². The number of carbonyl (C=O) groups excluding carboxylic acids is 2. The molecule has 2 amide bonds. The van der Waals surface area contributed by atoms with Crippen molar-refractivity contribution < 1.29 is 24.6 Å². The number of imidazole rings is 2. The van der Waals surface area contributed by atoms with Crippen LogP contribution in [-0.4, -0.2) is 89.2 Å². The minimum absolute atomic E-state index is 0.227. The fraction of sp³-hybridized carbons (Fsp3) is 0.462. The van der Waals surface area contributed by atoms with Gasteiger partial charge in [-0.15, -0.1) is 0 Å². The molecule has 2 aromatic heterocycles. The van der Waals surface area contributed by atoms with Crippen molar-refractivity contribution in [2.24, 2.45) is 25.9 Å². The van der Waals surface area contributed by atoms with Crippen LogP contribution in [0.15, 0.2) is 36.4 Å². The number of β-amino-alcohol motifs (C(OH)–C–C–N with tert-alkyl or cyclic N) is 1. The summed E-state index contributed by atoms with van der Waals surface area (Å²) in [6.07, 6.45) is 4.32. The second-order valence-corrected chi connectivity index (χ2v) is 15.6. The summed E-state index contributed by atoms with van der Waals surface area (Å²) >= 11 is 13.9. The third kappa shape index (κ3) is 7.78. The maximum atomic E-state index is 13.7. The number of aliphatic carboxylic acids is 1. The van der Waals surface area contributed by atoms with Crippen LogP contribution in [0.4, 0.5) is 11.4 Å². The van der Waals surface area contributed by atoms with Crippen LogP contribution >= 0.6 is 23.2 Å². The first-order valence-electron chi connectivity index (χ1n) is 18.5. The first-order valence-corrected chi connectivity index (χ1v) is 19.3. The molecule has 0 saturated heterocycles. The van der Waals surface area contributed by atoms with Gasteiger partial charge in [0.25, 0.3) is 11.8 Å². The molecule has 4 aromatic rings. The van der Waals surface area contributed by atoms with Crippen LogP contribution in [0, 0.1) is 11.8 Å². The molecule has 15 heteroatoms. The van der Waals surface area contributed by atoms with E-state index in [1.54, 1.807) is 43.3 Å². The Kier molecular flexibility index (Phi) is 11.1. The number of nitrogens with one attached hydrogen (secondary N) is 2. The lowest BCUT2D eigenvalue weighted by Crippen LogP contribution is -2.36. The van der Waals surface area contributed by atoms with Crippen molar-refractivity contribution in [2.75, 3.05) is 36.8 Å². The largest absolute Gasteiger partial charge is 0.481 e. The van der Waals surface area contributed by atoms with E-state index in [9.17, 15) is 24.6 Å². The normalized spacial score (nSPS) is 19.5. The van der Waals surface area contributed by atoms with E-state index in [0.717, 1.165) is 80.9 Å². The summed E-state index contributed by atoms with van der Waals surface area (Å²) in [6, 6.07) is 10.6. The van der Waals surface area contributed by atoms with Gasteiger partial charge in [-0.25, -0.2) is 9.97 Å². The second-order valence-electron chi connectivity index (χ2n) is 14.9. The van der Waals surface area contributed by atoms with Crippen molar-refractivity contribution in [2.45, 2.75) is 64.6 Å². The predicted molar refractivity (Wildman–Crippen MR) is 207 cm³/mol. The molecule has 0 spiro atoms. The van der Waals surface area contributed by atoms with E-state index < -0.39 is 18.0 Å². The number of anilines is 2. The van der Waals surface area contributed by atoms with Crippen LogP contribution in [-0.2, 0) is 44.8 Å². The number of aliphatic hydroxyl groups excluding tert-OH is 1. The van der Waals surface area contributed by atoms with Gasteiger partial charge < -0.3 is 30.0 Å². The Morgan fingerprint density at radius 1 is 0.796 bits per heavy atom. The zero-order valence-electron chi connectivity index (χ0n) is 30.7. The van der Waals surface area contributed by atoms with Gasteiger partial charge in [-0.3, -0.25) is 24.2 Å². The first kappa shape index (κ1) is 38.0. The Balaban J connectivity index is 1.03. The van der Waals surface area contributed by atoms with Gasteiger partial charge in [0.15, 0.2) is 11.6 Å². The topological polar surface area (TPSA) is 158 Å². The van der Waals surface area contributed by atoms with E-state index in [2.05, 4.69) is 25.4 Å². The first-order chi connectivity index (χ1) is 25.9. The number of rotatable bonds is 10. The average molecular weight is 778 g/mol. The SMILES string of the molecule is CC(O)CN1CCc2c(nc(C(=O)Nc3cccc(-c4cccc(NC(=O)c5nc6c(n5C)CCN(CC5CCC(C(=O)O)CC5)C6)c4Cl)c3Cl)n2C)C1. The van der Waals surface area contributed by atoms with E-state index in [1.165, 1.54) is 0 Å². The molecule has 7 rings (SSSR count). The van der Waals surface area contributed by atoms with Gasteiger partial charge in [0.2, 0.25) is 0 Å². The lowest BCUT2D eigenvalue weighted by molar-refractivity contribution is -0.143. The summed E-state index contributed by atoms with van der Waals surface area (Å²) in [6.45, 7) is 6.02. The van der Waals surface area contributed by atoms with Crippen molar-refractivity contribution in [1.82, 2.24) is 28.9 Å². The van der Waals surface area contributed by atoms with E-state index in [4.69, 9.17) is 28.2 Å². The average Bonchev–Trinajstić information content (AvgIpc) is 3.65. The lowest BCUT2D eigenvalue weighted by Gasteiger charge is -2.33. The van der Waals surface area contributed by atoms with Crippen LogP contribution in [0.3, 0.4) is 0 Å². The monoisotopic (exact) mass is 776 g/mol. The summed E-state index contributed by atoms with van der Waals surface area (Å²) in [5.41, 5.74) is 5.66. The Morgan fingerprint density at radius 3 is 1.76 bits per heavy atom. The molecule has 0 bridgehead atoms. The molecule has 13 nitrogen and oxygen atoms in total. The van der Waals surface area contributed by atoms with Crippen molar-refractivity contribution in [3.05, 3.63) is 80.9 Å². The number of nitrogens with zero attached hydrogens (tertiary/aromatic N) is 6. The quantitative estimate of drug-likeness (QED) is 0.161. The number of benzene rings is 2. The smallest absolute Gasteiger partial charge is 0.306 e. The van der Waals surface area contributed by atoms with E-state index >= 15 is 0 Å². The minimum atomic E-state index is -0.690. The summed E-state index contributed by atoms with van der Waals surface area (Å²) < 4.78 is 3.67. The molecule has 1 atom stereocenters. The predicted octanol–water partition coefficient (Wildman–Crippen LogP) is 5.62. The number of hydrogen-bond acceptors (Lipinski definition) is 8. The van der Waals surface area contributed by atoms with E-state index in [1.807, 2.05) is 23.2 Å². The molecule has 1 saturated carbocycles. The molecular weight excluding hydrogens is 731 g/mol. The van der Waals surface area contributed by atoms with Gasteiger partial charge in [-0.2, -0.15) is 0 Å². The number of carboxylic acids is 1. The fourth-order valence-electron chi connectivity index (χ4n) is 8.24. The number of carbonyl (C=O) groups is 3. The molecule has 54 heavy (non-hydrogen) atoms. The Hall–Kier alpha value is -4.27. The highest BCUT2D eigenvalue weighted by Crippen LogP contribution is 2.40. The maximum absolute atomic E-state index is 13.7. The highest BCUT2D eigenvalue weighted by Gasteiger charge is 2.31. The lowest BCUT2D eigenvalue weighted by atomic mass is 9.81. The highest BCUT2D eigenvalue weighted by atomic mass is 35.5. The Morgan fingerprint density at radius 2 is 1.28 bits per heavy atom. The molecule has 3 aliphatic rings. The number of fused-ring (bicyclic) bond motifs is 2. The number of hydrogen-bond donors (Lipinski definition) is 4. The molecule has 2 aromatic carbocycles. The molecule has 4 heterocycles. The summed E-state index contributed by atoms with van der Waals surface area (Å²) in [4.78, 5) is 52.5. The third-order valence-corrected chi connectivity index (χ3v) is 11.9. The Bertz CT molecular complexity index is 2090. The summed E-state index contributed by atoms with van der Waals surface area (Å²) in [5, 5.41) is 25.6. The van der Waals surface area contributed by atoms with Gasteiger partial charge in [0, 0.05) is 88.7 Å². The van der Waals surface area contributed by atoms with E-state index in [-0.39, 0.29) is 27.7 Å². The molecule has 286 valence electrons.